The van der Waals surface area contributed by atoms with Crippen molar-refractivity contribution < 1.29 is 14.3 Å². The molecule has 2 aromatic rings. The Kier molecular flexibility index (Phi) is 4.44. The monoisotopic (exact) mass is 272 g/mol. The van der Waals surface area contributed by atoms with Crippen LogP contribution in [0.5, 0.6) is 17.2 Å². The molecule has 0 atom stereocenters. The Morgan fingerprint density at radius 1 is 1.10 bits per heavy atom. The zero-order valence-electron chi connectivity index (χ0n) is 11.1. The lowest BCUT2D eigenvalue weighted by Crippen LogP contribution is -2.24. The van der Waals surface area contributed by atoms with Crippen LogP contribution in [0.1, 0.15) is 0 Å². The van der Waals surface area contributed by atoms with Crippen molar-refractivity contribution >= 4 is 11.6 Å². The standard InChI is InChI=1S/C15H16N2O3/c1-17-15(18)10-19-13-4-2-3-5-14(13)20-12-8-6-11(16)7-9-12/h2-9H,10,16H2,1H3,(H,17,18). The van der Waals surface area contributed by atoms with Gasteiger partial charge in [0.25, 0.3) is 5.91 Å². The predicted octanol–water partition coefficient (Wildman–Crippen LogP) is 2.19. The highest BCUT2D eigenvalue weighted by molar-refractivity contribution is 5.77. The van der Waals surface area contributed by atoms with Gasteiger partial charge in [-0.3, -0.25) is 4.79 Å². The number of hydrogen-bond acceptors (Lipinski definition) is 4. The summed E-state index contributed by atoms with van der Waals surface area (Å²) in [6.07, 6.45) is 0. The summed E-state index contributed by atoms with van der Waals surface area (Å²) < 4.78 is 11.1. The average molecular weight is 272 g/mol. The Labute approximate surface area is 117 Å². The molecule has 2 rings (SSSR count). The van der Waals surface area contributed by atoms with Crippen LogP contribution in [0.2, 0.25) is 0 Å². The lowest BCUT2D eigenvalue weighted by molar-refractivity contribution is -0.122. The molecule has 0 aliphatic heterocycles. The van der Waals surface area contributed by atoms with Gasteiger partial charge in [-0.05, 0) is 36.4 Å². The van der Waals surface area contributed by atoms with Crippen LogP contribution in [0.15, 0.2) is 48.5 Å². The summed E-state index contributed by atoms with van der Waals surface area (Å²) in [5.41, 5.74) is 6.29. The second-order valence-electron chi connectivity index (χ2n) is 4.08. The van der Waals surface area contributed by atoms with Gasteiger partial charge < -0.3 is 20.5 Å². The molecule has 20 heavy (non-hydrogen) atoms. The van der Waals surface area contributed by atoms with E-state index in [0.717, 1.165) is 0 Å². The minimum absolute atomic E-state index is 0.0569. The van der Waals surface area contributed by atoms with Crippen molar-refractivity contribution in [1.29, 1.82) is 0 Å². The number of nitrogens with two attached hydrogens (primary N) is 1. The minimum atomic E-state index is -0.202. The number of carbonyl (C=O) groups is 1. The molecular formula is C15H16N2O3. The van der Waals surface area contributed by atoms with Crippen LogP contribution in [0.4, 0.5) is 5.69 Å². The second kappa shape index (κ2) is 6.47. The molecule has 0 saturated heterocycles. The molecule has 2 aromatic carbocycles. The maximum Gasteiger partial charge on any atom is 0.257 e. The molecule has 3 N–H and O–H groups in total. The Balaban J connectivity index is 2.11. The average Bonchev–Trinajstić information content (AvgIpc) is 2.48. The summed E-state index contributed by atoms with van der Waals surface area (Å²) in [6.45, 7) is -0.0569. The van der Waals surface area contributed by atoms with E-state index in [2.05, 4.69) is 5.32 Å². The van der Waals surface area contributed by atoms with Crippen LogP contribution in [0, 0.1) is 0 Å². The minimum Gasteiger partial charge on any atom is -0.480 e. The highest BCUT2D eigenvalue weighted by atomic mass is 16.5. The van der Waals surface area contributed by atoms with E-state index in [0.29, 0.717) is 22.9 Å². The normalized spacial score (nSPS) is 9.85. The molecule has 0 aliphatic rings. The number of ether oxygens (including phenoxy) is 2. The van der Waals surface area contributed by atoms with Gasteiger partial charge in [0.05, 0.1) is 0 Å². The molecule has 0 aromatic heterocycles. The van der Waals surface area contributed by atoms with Crippen molar-refractivity contribution in [1.82, 2.24) is 5.32 Å². The molecule has 0 unspecified atom stereocenters. The number of para-hydroxylation sites is 2. The lowest BCUT2D eigenvalue weighted by atomic mass is 10.3. The largest absolute Gasteiger partial charge is 0.480 e. The van der Waals surface area contributed by atoms with E-state index in [-0.39, 0.29) is 12.5 Å². The summed E-state index contributed by atoms with van der Waals surface area (Å²) in [5.74, 6) is 1.50. The fourth-order valence-electron chi connectivity index (χ4n) is 1.53. The number of hydrogen-bond donors (Lipinski definition) is 2. The van der Waals surface area contributed by atoms with E-state index in [1.807, 2.05) is 12.1 Å². The fourth-order valence-corrected chi connectivity index (χ4v) is 1.53. The Bertz CT molecular complexity index is 582. The summed E-state index contributed by atoms with van der Waals surface area (Å²) >= 11 is 0. The first kappa shape index (κ1) is 13.7. The number of amides is 1. The van der Waals surface area contributed by atoms with Gasteiger partial charge in [0.15, 0.2) is 18.1 Å². The van der Waals surface area contributed by atoms with Gasteiger partial charge in [-0.15, -0.1) is 0 Å². The molecule has 0 heterocycles. The van der Waals surface area contributed by atoms with Crippen LogP contribution in [0.3, 0.4) is 0 Å². The smallest absolute Gasteiger partial charge is 0.257 e. The third-order valence-corrected chi connectivity index (χ3v) is 2.59. The zero-order valence-corrected chi connectivity index (χ0v) is 11.1. The lowest BCUT2D eigenvalue weighted by Gasteiger charge is -2.12. The Hall–Kier alpha value is -2.69. The van der Waals surface area contributed by atoms with Crippen LogP contribution in [-0.4, -0.2) is 19.6 Å². The highest BCUT2D eigenvalue weighted by Gasteiger charge is 2.07. The molecule has 0 aliphatic carbocycles. The van der Waals surface area contributed by atoms with Crippen molar-refractivity contribution in [2.75, 3.05) is 19.4 Å². The number of rotatable bonds is 5. The van der Waals surface area contributed by atoms with E-state index in [9.17, 15) is 4.79 Å². The van der Waals surface area contributed by atoms with E-state index >= 15 is 0 Å². The van der Waals surface area contributed by atoms with Gasteiger partial charge in [-0.1, -0.05) is 12.1 Å². The van der Waals surface area contributed by atoms with Crippen molar-refractivity contribution in [2.24, 2.45) is 0 Å². The van der Waals surface area contributed by atoms with E-state index in [1.165, 1.54) is 0 Å². The SMILES string of the molecule is CNC(=O)COc1ccccc1Oc1ccc(N)cc1. The number of likely N-dealkylation sites (N-methyl/N-ethyl adjacent to an activating group) is 1. The first-order chi connectivity index (χ1) is 9.69. The van der Waals surface area contributed by atoms with Crippen molar-refractivity contribution in [3.63, 3.8) is 0 Å². The number of benzene rings is 2. The van der Waals surface area contributed by atoms with Gasteiger partial charge in [-0.25, -0.2) is 0 Å². The second-order valence-corrected chi connectivity index (χ2v) is 4.08. The molecule has 0 spiro atoms. The van der Waals surface area contributed by atoms with Crippen LogP contribution < -0.4 is 20.5 Å². The van der Waals surface area contributed by atoms with Gasteiger partial charge in [0.1, 0.15) is 5.75 Å². The van der Waals surface area contributed by atoms with Gasteiger partial charge in [0, 0.05) is 12.7 Å². The molecule has 0 bridgehead atoms. The quantitative estimate of drug-likeness (QED) is 0.818. The highest BCUT2D eigenvalue weighted by Crippen LogP contribution is 2.31. The molecule has 0 radical (unpaired) electrons. The first-order valence-electron chi connectivity index (χ1n) is 6.15. The zero-order chi connectivity index (χ0) is 14.4. The summed E-state index contributed by atoms with van der Waals surface area (Å²) in [4.78, 5) is 11.2. The molecule has 1 amide bonds. The predicted molar refractivity (Wildman–Crippen MR) is 76.9 cm³/mol. The Morgan fingerprint density at radius 2 is 1.75 bits per heavy atom. The summed E-state index contributed by atoms with van der Waals surface area (Å²) in [6, 6.07) is 14.2. The van der Waals surface area contributed by atoms with E-state index in [4.69, 9.17) is 15.2 Å². The topological polar surface area (TPSA) is 73.6 Å². The van der Waals surface area contributed by atoms with Crippen LogP contribution >= 0.6 is 0 Å². The first-order valence-corrected chi connectivity index (χ1v) is 6.15. The molecule has 104 valence electrons. The van der Waals surface area contributed by atoms with Crippen LogP contribution in [-0.2, 0) is 4.79 Å². The molecule has 5 nitrogen and oxygen atoms in total. The number of nitrogens with one attached hydrogen (secondary N) is 1. The number of carbonyl (C=O) groups excluding carboxylic acids is 1. The number of anilines is 1. The van der Waals surface area contributed by atoms with E-state index < -0.39 is 0 Å². The van der Waals surface area contributed by atoms with Crippen molar-refractivity contribution in [2.45, 2.75) is 0 Å². The van der Waals surface area contributed by atoms with Crippen LogP contribution in [0.25, 0.3) is 0 Å². The van der Waals surface area contributed by atoms with Crippen molar-refractivity contribution in [3.8, 4) is 17.2 Å². The maximum atomic E-state index is 11.2. The summed E-state index contributed by atoms with van der Waals surface area (Å²) in [5, 5.41) is 2.49. The van der Waals surface area contributed by atoms with Gasteiger partial charge in [0.2, 0.25) is 0 Å². The fraction of sp³-hybridized carbons (Fsp3) is 0.133. The third-order valence-electron chi connectivity index (χ3n) is 2.59. The van der Waals surface area contributed by atoms with Crippen molar-refractivity contribution in [3.05, 3.63) is 48.5 Å². The molecular weight excluding hydrogens is 256 g/mol. The van der Waals surface area contributed by atoms with Gasteiger partial charge in [-0.2, -0.15) is 0 Å². The Morgan fingerprint density at radius 3 is 2.40 bits per heavy atom. The molecule has 5 heteroatoms. The van der Waals surface area contributed by atoms with Gasteiger partial charge >= 0.3 is 0 Å². The molecule has 0 fully saturated rings. The molecule has 0 saturated carbocycles. The number of nitrogen functional groups attached to an aromatic ring is 1. The summed E-state index contributed by atoms with van der Waals surface area (Å²) in [7, 11) is 1.56. The third kappa shape index (κ3) is 3.65. The maximum absolute atomic E-state index is 11.2. The van der Waals surface area contributed by atoms with E-state index in [1.54, 1.807) is 43.4 Å².